The minimum Gasteiger partial charge on any atom is -0.390 e. The van der Waals surface area contributed by atoms with Gasteiger partial charge in [0.05, 0.1) is 0 Å². The molecule has 0 aliphatic carbocycles. The summed E-state index contributed by atoms with van der Waals surface area (Å²) in [6.07, 6.45) is 21.2. The van der Waals surface area contributed by atoms with Crippen LogP contribution in [0, 0.1) is 0 Å². The number of rotatable bonds is 27. The smallest absolute Gasteiger partial charge is 0.0266 e. The first-order valence-electron chi connectivity index (χ1n) is 13.3. The van der Waals surface area contributed by atoms with Gasteiger partial charge in [0, 0.05) is 65.4 Å². The number of unbranched alkanes of at least 4 members (excludes halogenated alkanes) is 11. The van der Waals surface area contributed by atoms with Crippen LogP contribution in [0.4, 0.5) is 0 Å². The molecule has 31 heavy (non-hydrogen) atoms. The van der Waals surface area contributed by atoms with E-state index in [0.717, 1.165) is 58.9 Å². The van der Waals surface area contributed by atoms with Gasteiger partial charge in [-0.2, -0.15) is 0 Å². The molecule has 0 atom stereocenters. The Kier molecular flexibility index (Phi) is 28.7. The molecule has 0 unspecified atom stereocenters. The van der Waals surface area contributed by atoms with Crippen LogP contribution in [0.2, 0.25) is 0 Å². The molecule has 0 saturated carbocycles. The largest absolute Gasteiger partial charge is 0.390 e. The Morgan fingerprint density at radius 2 is 0.935 bits per heavy atom. The van der Waals surface area contributed by atoms with Gasteiger partial charge >= 0.3 is 0 Å². The zero-order valence-electron chi connectivity index (χ0n) is 20.8. The van der Waals surface area contributed by atoms with Crippen LogP contribution in [0.5, 0.6) is 0 Å². The third-order valence-corrected chi connectivity index (χ3v) is 5.41. The molecule has 0 aliphatic rings. The summed E-state index contributed by atoms with van der Waals surface area (Å²) < 4.78 is 0. The van der Waals surface area contributed by atoms with Gasteiger partial charge in [-0.25, -0.2) is 0 Å². The minimum absolute atomic E-state index is 0.708. The van der Waals surface area contributed by atoms with Crippen LogP contribution in [0.3, 0.4) is 0 Å². The second-order valence-electron chi connectivity index (χ2n) is 8.47. The van der Waals surface area contributed by atoms with Crippen LogP contribution >= 0.6 is 0 Å². The van der Waals surface area contributed by atoms with Crippen LogP contribution in [0.15, 0.2) is 12.3 Å². The summed E-state index contributed by atoms with van der Waals surface area (Å²) in [4.78, 5) is 0. The Hall–Kier alpha value is -0.660. The Balaban J connectivity index is 3.06. The minimum atomic E-state index is 0.708. The van der Waals surface area contributed by atoms with Crippen LogP contribution < -0.4 is 32.3 Å². The maximum atomic E-state index is 5.43. The normalized spacial score (nSPS) is 11.5. The van der Waals surface area contributed by atoms with Crippen molar-refractivity contribution in [2.24, 2.45) is 5.73 Å². The van der Waals surface area contributed by atoms with Crippen molar-refractivity contribution in [3.8, 4) is 0 Å². The van der Waals surface area contributed by atoms with E-state index in [1.54, 1.807) is 0 Å². The van der Waals surface area contributed by atoms with Crippen molar-refractivity contribution < 1.29 is 0 Å². The fraction of sp³-hybridized carbons (Fsp3) is 0.920. The zero-order chi connectivity index (χ0) is 22.5. The SMILES string of the molecule is CCCCCCCCCCCCCC=CNCCNCCNCCNCCNCCN. The number of hydrogen-bond donors (Lipinski definition) is 6. The van der Waals surface area contributed by atoms with Crippen molar-refractivity contribution in [2.75, 3.05) is 65.4 Å². The highest BCUT2D eigenvalue weighted by atomic mass is 15.0. The van der Waals surface area contributed by atoms with Gasteiger partial charge in [0.1, 0.15) is 0 Å². The van der Waals surface area contributed by atoms with E-state index in [2.05, 4.69) is 45.8 Å². The summed E-state index contributed by atoms with van der Waals surface area (Å²) >= 11 is 0. The van der Waals surface area contributed by atoms with E-state index in [0.29, 0.717) is 6.54 Å². The van der Waals surface area contributed by atoms with Crippen LogP contribution in [-0.2, 0) is 0 Å². The standard InChI is InChI=1S/C25H56N6/c1-2-3-4-5-6-7-8-9-10-11-12-13-14-16-27-18-20-29-22-24-31-25-23-30-21-19-28-17-15-26/h14,16,27-31H,2-13,15,17-26H2,1H3. The van der Waals surface area contributed by atoms with Gasteiger partial charge in [0.25, 0.3) is 0 Å². The Labute approximate surface area is 194 Å². The molecule has 7 N–H and O–H groups in total. The third-order valence-electron chi connectivity index (χ3n) is 5.41. The lowest BCUT2D eigenvalue weighted by Gasteiger charge is -2.08. The molecule has 0 spiro atoms. The third kappa shape index (κ3) is 29.3. The molecular weight excluding hydrogens is 384 g/mol. The first-order valence-corrected chi connectivity index (χ1v) is 13.3. The highest BCUT2D eigenvalue weighted by Gasteiger charge is 1.93. The molecule has 0 aromatic rings. The second-order valence-corrected chi connectivity index (χ2v) is 8.47. The molecule has 0 radical (unpaired) electrons. The summed E-state index contributed by atoms with van der Waals surface area (Å²) in [6.45, 7) is 11.9. The molecule has 6 nitrogen and oxygen atoms in total. The van der Waals surface area contributed by atoms with Crippen LogP contribution in [0.25, 0.3) is 0 Å². The van der Waals surface area contributed by atoms with Crippen molar-refractivity contribution in [2.45, 2.75) is 84.0 Å². The van der Waals surface area contributed by atoms with Crippen molar-refractivity contribution >= 4 is 0 Å². The highest BCUT2D eigenvalue weighted by Crippen LogP contribution is 2.11. The van der Waals surface area contributed by atoms with Crippen LogP contribution in [0.1, 0.15) is 84.0 Å². The summed E-state index contributed by atoms with van der Waals surface area (Å²) in [7, 11) is 0. The lowest BCUT2D eigenvalue weighted by atomic mass is 10.1. The number of allylic oxidation sites excluding steroid dienone is 1. The van der Waals surface area contributed by atoms with Crippen LogP contribution in [-0.4, -0.2) is 65.4 Å². The predicted octanol–water partition coefficient (Wildman–Crippen LogP) is 3.11. The van der Waals surface area contributed by atoms with Gasteiger partial charge in [0.2, 0.25) is 0 Å². The van der Waals surface area contributed by atoms with E-state index in [-0.39, 0.29) is 0 Å². The molecule has 0 aliphatic heterocycles. The summed E-state index contributed by atoms with van der Waals surface area (Å²) in [5, 5.41) is 17.0. The summed E-state index contributed by atoms with van der Waals surface area (Å²) in [6, 6.07) is 0. The lowest BCUT2D eigenvalue weighted by Crippen LogP contribution is -2.36. The number of hydrogen-bond acceptors (Lipinski definition) is 6. The fourth-order valence-corrected chi connectivity index (χ4v) is 3.47. The molecule has 0 heterocycles. The molecular formula is C25H56N6. The first kappa shape index (κ1) is 30.3. The molecule has 0 rings (SSSR count). The zero-order valence-corrected chi connectivity index (χ0v) is 20.8. The van der Waals surface area contributed by atoms with Crippen molar-refractivity contribution in [3.63, 3.8) is 0 Å². The maximum Gasteiger partial charge on any atom is 0.0266 e. The van der Waals surface area contributed by atoms with Gasteiger partial charge in [-0.05, 0) is 19.0 Å². The molecule has 0 saturated heterocycles. The van der Waals surface area contributed by atoms with E-state index in [4.69, 9.17) is 5.73 Å². The average Bonchev–Trinajstić information content (AvgIpc) is 2.78. The molecule has 6 heteroatoms. The highest BCUT2D eigenvalue weighted by molar-refractivity contribution is 4.79. The molecule has 0 aromatic carbocycles. The monoisotopic (exact) mass is 440 g/mol. The predicted molar refractivity (Wildman–Crippen MR) is 139 cm³/mol. The first-order chi connectivity index (χ1) is 15.4. The van der Waals surface area contributed by atoms with Crippen molar-refractivity contribution in [3.05, 3.63) is 12.3 Å². The molecule has 0 bridgehead atoms. The number of nitrogens with one attached hydrogen (secondary N) is 5. The van der Waals surface area contributed by atoms with E-state index in [1.165, 1.54) is 77.0 Å². The molecule has 186 valence electrons. The topological polar surface area (TPSA) is 86.2 Å². The van der Waals surface area contributed by atoms with Gasteiger partial charge in [0.15, 0.2) is 0 Å². The Morgan fingerprint density at radius 3 is 1.42 bits per heavy atom. The molecule has 0 fully saturated rings. The van der Waals surface area contributed by atoms with Gasteiger partial charge in [-0.15, -0.1) is 0 Å². The maximum absolute atomic E-state index is 5.43. The van der Waals surface area contributed by atoms with E-state index < -0.39 is 0 Å². The van der Waals surface area contributed by atoms with Crippen molar-refractivity contribution in [1.82, 2.24) is 26.6 Å². The number of nitrogens with two attached hydrogens (primary N) is 1. The van der Waals surface area contributed by atoms with E-state index in [1.807, 2.05) is 0 Å². The van der Waals surface area contributed by atoms with E-state index in [9.17, 15) is 0 Å². The Bertz CT molecular complexity index is 338. The lowest BCUT2D eigenvalue weighted by molar-refractivity contribution is 0.550. The summed E-state index contributed by atoms with van der Waals surface area (Å²) in [5.74, 6) is 0. The average molecular weight is 441 g/mol. The van der Waals surface area contributed by atoms with Crippen molar-refractivity contribution in [1.29, 1.82) is 0 Å². The quantitative estimate of drug-likeness (QED) is 0.110. The summed E-state index contributed by atoms with van der Waals surface area (Å²) in [5.41, 5.74) is 5.43. The molecule has 0 amide bonds. The van der Waals surface area contributed by atoms with E-state index >= 15 is 0 Å². The second kappa shape index (κ2) is 29.3. The molecule has 0 aromatic heterocycles. The Morgan fingerprint density at radius 1 is 0.516 bits per heavy atom. The van der Waals surface area contributed by atoms with Gasteiger partial charge in [-0.3, -0.25) is 0 Å². The fourth-order valence-electron chi connectivity index (χ4n) is 3.47. The van der Waals surface area contributed by atoms with Gasteiger partial charge in [-0.1, -0.05) is 77.2 Å². The van der Waals surface area contributed by atoms with Gasteiger partial charge < -0.3 is 32.3 Å².